The van der Waals surface area contributed by atoms with Crippen LogP contribution in [0.15, 0.2) is 6.20 Å². The number of carbonyl (C=O) groups is 1. The fourth-order valence-electron chi connectivity index (χ4n) is 1.11. The van der Waals surface area contributed by atoms with Gasteiger partial charge in [-0.05, 0) is 12.5 Å². The Kier molecular flexibility index (Phi) is 2.87. The molecule has 0 radical (unpaired) electrons. The van der Waals surface area contributed by atoms with E-state index >= 15 is 0 Å². The number of carbonyl (C=O) groups excluding carboxylic acids is 1. The average molecular weight is 196 g/mol. The molecule has 0 spiro atoms. The van der Waals surface area contributed by atoms with Crippen LogP contribution in [-0.2, 0) is 0 Å². The normalized spacial score (nSPS) is 9.93. The second-order valence-electron chi connectivity index (χ2n) is 2.63. The molecule has 0 amide bonds. The maximum atomic E-state index is 12.5. The van der Waals surface area contributed by atoms with Gasteiger partial charge in [-0.25, -0.2) is 13.8 Å². The summed E-state index contributed by atoms with van der Waals surface area (Å²) in [6, 6.07) is 1.56. The third kappa shape index (κ3) is 1.59. The molecule has 0 aliphatic heterocycles. The number of hydrogen-bond acceptors (Lipinski definition) is 3. The molecular formula is C9H6F2N2O. The fraction of sp³-hybridized carbons (Fsp3) is 0.222. The molecule has 0 N–H and O–H groups in total. The summed E-state index contributed by atoms with van der Waals surface area (Å²) in [6.07, 6.45) is -1.24. The predicted octanol–water partition coefficient (Wildman–Crippen LogP) is 2.01. The summed E-state index contributed by atoms with van der Waals surface area (Å²) < 4.78 is 25.0. The number of alkyl halides is 2. The van der Waals surface area contributed by atoms with Crippen LogP contribution >= 0.6 is 0 Å². The van der Waals surface area contributed by atoms with Gasteiger partial charge in [0.05, 0.1) is 5.56 Å². The zero-order valence-corrected chi connectivity index (χ0v) is 7.29. The Labute approximate surface area is 79.0 Å². The molecule has 1 aromatic heterocycles. The average Bonchev–Trinajstić information content (AvgIpc) is 2.16. The van der Waals surface area contributed by atoms with Crippen molar-refractivity contribution in [3.63, 3.8) is 0 Å². The zero-order chi connectivity index (χ0) is 10.7. The summed E-state index contributed by atoms with van der Waals surface area (Å²) >= 11 is 0. The number of nitriles is 1. The minimum Gasteiger partial charge on any atom is -0.298 e. The highest BCUT2D eigenvalue weighted by Gasteiger charge is 2.19. The van der Waals surface area contributed by atoms with E-state index < -0.39 is 12.0 Å². The van der Waals surface area contributed by atoms with Gasteiger partial charge in [0.25, 0.3) is 6.43 Å². The third-order valence-electron chi connectivity index (χ3n) is 1.88. The zero-order valence-electron chi connectivity index (χ0n) is 7.29. The summed E-state index contributed by atoms with van der Waals surface area (Å²) in [5.41, 5.74) is -0.596. The molecule has 0 saturated heterocycles. The molecule has 0 fully saturated rings. The highest BCUT2D eigenvalue weighted by molar-refractivity contribution is 5.77. The van der Waals surface area contributed by atoms with Crippen molar-refractivity contribution < 1.29 is 13.6 Å². The Morgan fingerprint density at radius 2 is 2.29 bits per heavy atom. The minimum atomic E-state index is -2.79. The van der Waals surface area contributed by atoms with Crippen molar-refractivity contribution in [2.45, 2.75) is 13.3 Å². The van der Waals surface area contributed by atoms with E-state index in [-0.39, 0.29) is 16.8 Å². The second-order valence-corrected chi connectivity index (χ2v) is 2.63. The first-order valence-corrected chi connectivity index (χ1v) is 3.74. The summed E-state index contributed by atoms with van der Waals surface area (Å²) in [6.45, 7) is 1.37. The highest BCUT2D eigenvalue weighted by Crippen LogP contribution is 2.26. The maximum Gasteiger partial charge on any atom is 0.266 e. The topological polar surface area (TPSA) is 53.8 Å². The molecular weight excluding hydrogens is 190 g/mol. The van der Waals surface area contributed by atoms with Crippen LogP contribution in [0, 0.1) is 18.3 Å². The van der Waals surface area contributed by atoms with Crippen LogP contribution in [0.1, 0.15) is 33.6 Å². The molecule has 0 bridgehead atoms. The van der Waals surface area contributed by atoms with Gasteiger partial charge in [0, 0.05) is 11.8 Å². The van der Waals surface area contributed by atoms with Crippen molar-refractivity contribution in [1.29, 1.82) is 5.26 Å². The van der Waals surface area contributed by atoms with Crippen LogP contribution < -0.4 is 0 Å². The Morgan fingerprint density at radius 3 is 2.71 bits per heavy atom. The molecule has 0 unspecified atom stereocenters. The lowest BCUT2D eigenvalue weighted by atomic mass is 10.0. The first-order valence-electron chi connectivity index (χ1n) is 3.74. The summed E-state index contributed by atoms with van der Waals surface area (Å²) in [7, 11) is 0. The molecule has 0 saturated carbocycles. The van der Waals surface area contributed by atoms with Crippen molar-refractivity contribution in [2.75, 3.05) is 0 Å². The van der Waals surface area contributed by atoms with Gasteiger partial charge in [-0.3, -0.25) is 4.79 Å². The predicted molar refractivity (Wildman–Crippen MR) is 44.0 cm³/mol. The number of aromatic nitrogens is 1. The van der Waals surface area contributed by atoms with Crippen LogP contribution in [0.3, 0.4) is 0 Å². The largest absolute Gasteiger partial charge is 0.298 e. The van der Waals surface area contributed by atoms with Crippen molar-refractivity contribution in [2.24, 2.45) is 0 Å². The van der Waals surface area contributed by atoms with Crippen LogP contribution in [0.4, 0.5) is 8.78 Å². The molecule has 14 heavy (non-hydrogen) atoms. The SMILES string of the molecule is Cc1c(C=O)cnc(C#N)c1C(F)F. The van der Waals surface area contributed by atoms with Crippen molar-refractivity contribution in [3.05, 3.63) is 28.6 Å². The Bertz CT molecular complexity index is 410. The van der Waals surface area contributed by atoms with Crippen LogP contribution in [0.25, 0.3) is 0 Å². The summed E-state index contributed by atoms with van der Waals surface area (Å²) in [4.78, 5) is 13.9. The third-order valence-corrected chi connectivity index (χ3v) is 1.88. The van der Waals surface area contributed by atoms with Crippen LogP contribution in [0.2, 0.25) is 0 Å². The van der Waals surface area contributed by atoms with E-state index in [1.165, 1.54) is 6.92 Å². The van der Waals surface area contributed by atoms with Gasteiger partial charge in [-0.2, -0.15) is 5.26 Å². The number of nitrogens with zero attached hydrogens (tertiary/aromatic N) is 2. The second kappa shape index (κ2) is 3.92. The number of hydrogen-bond donors (Lipinski definition) is 0. The molecule has 1 heterocycles. The van der Waals surface area contributed by atoms with E-state index in [4.69, 9.17) is 5.26 Å². The number of rotatable bonds is 2. The van der Waals surface area contributed by atoms with E-state index in [9.17, 15) is 13.6 Å². The van der Waals surface area contributed by atoms with Crippen molar-refractivity contribution in [1.82, 2.24) is 4.98 Å². The molecule has 5 heteroatoms. The van der Waals surface area contributed by atoms with E-state index in [0.717, 1.165) is 6.20 Å². The quantitative estimate of drug-likeness (QED) is 0.680. The standard InChI is InChI=1S/C9H6F2N2O/c1-5-6(4-14)3-13-7(2-12)8(5)9(10)11/h3-4,9H,1H3. The lowest BCUT2D eigenvalue weighted by Gasteiger charge is -2.07. The molecule has 0 aliphatic carbocycles. The molecule has 3 nitrogen and oxygen atoms in total. The molecule has 1 aromatic rings. The molecule has 0 aromatic carbocycles. The van der Waals surface area contributed by atoms with Gasteiger partial charge < -0.3 is 0 Å². The van der Waals surface area contributed by atoms with Crippen LogP contribution in [0.5, 0.6) is 0 Å². The Hall–Kier alpha value is -1.83. The van der Waals surface area contributed by atoms with Gasteiger partial charge in [0.1, 0.15) is 11.8 Å². The maximum absolute atomic E-state index is 12.5. The lowest BCUT2D eigenvalue weighted by molar-refractivity contribution is 0.112. The van der Waals surface area contributed by atoms with E-state index in [2.05, 4.69) is 4.98 Å². The molecule has 0 atom stereocenters. The first kappa shape index (κ1) is 10.3. The Balaban J connectivity index is 3.48. The van der Waals surface area contributed by atoms with Gasteiger partial charge in [-0.1, -0.05) is 0 Å². The first-order chi connectivity index (χ1) is 6.61. The highest BCUT2D eigenvalue weighted by atomic mass is 19.3. The van der Waals surface area contributed by atoms with Gasteiger partial charge in [0.15, 0.2) is 6.29 Å². The molecule has 72 valence electrons. The van der Waals surface area contributed by atoms with Gasteiger partial charge in [-0.15, -0.1) is 0 Å². The number of pyridine rings is 1. The fourth-order valence-corrected chi connectivity index (χ4v) is 1.11. The molecule has 1 rings (SSSR count). The number of aldehydes is 1. The minimum absolute atomic E-state index is 0.0827. The summed E-state index contributed by atoms with van der Waals surface area (Å²) in [5.74, 6) is 0. The van der Waals surface area contributed by atoms with Crippen LogP contribution in [-0.4, -0.2) is 11.3 Å². The van der Waals surface area contributed by atoms with E-state index in [0.29, 0.717) is 6.29 Å². The lowest BCUT2D eigenvalue weighted by Crippen LogP contribution is -2.02. The van der Waals surface area contributed by atoms with Crippen molar-refractivity contribution in [3.8, 4) is 6.07 Å². The van der Waals surface area contributed by atoms with E-state index in [1.54, 1.807) is 6.07 Å². The van der Waals surface area contributed by atoms with Gasteiger partial charge in [0.2, 0.25) is 0 Å². The Morgan fingerprint density at radius 1 is 1.64 bits per heavy atom. The molecule has 0 aliphatic rings. The summed E-state index contributed by atoms with van der Waals surface area (Å²) in [5, 5.41) is 8.52. The smallest absolute Gasteiger partial charge is 0.266 e. The number of halogens is 2. The van der Waals surface area contributed by atoms with Gasteiger partial charge >= 0.3 is 0 Å². The monoisotopic (exact) mass is 196 g/mol. The van der Waals surface area contributed by atoms with E-state index in [1.807, 2.05) is 0 Å². The van der Waals surface area contributed by atoms with Crippen molar-refractivity contribution >= 4 is 6.29 Å².